The number of aliphatic hydroxyl groups is 1. The number of esters is 1. The number of hydrogen-bond donors (Lipinski definition) is 1. The number of aryl methyl sites for hydroxylation is 1. The van der Waals surface area contributed by atoms with E-state index in [4.69, 9.17) is 0 Å². The zero-order chi connectivity index (χ0) is 13.8. The Morgan fingerprint density at radius 1 is 1.53 bits per heavy atom. The molecule has 1 amide bonds. The summed E-state index contributed by atoms with van der Waals surface area (Å²) in [5.74, 6) is -0.661. The molecule has 0 aliphatic carbocycles. The van der Waals surface area contributed by atoms with Crippen molar-refractivity contribution in [2.24, 2.45) is 0 Å². The Balaban J connectivity index is 1.94. The number of methoxy groups -OCH3 is 1. The molecule has 0 spiro atoms. The molecule has 2 rings (SSSR count). The molecular formula is C12H17N3O4. The third-order valence-electron chi connectivity index (χ3n) is 3.19. The summed E-state index contributed by atoms with van der Waals surface area (Å²) in [4.78, 5) is 25.0. The van der Waals surface area contributed by atoms with Gasteiger partial charge in [0.2, 0.25) is 5.91 Å². The molecule has 1 fully saturated rings. The van der Waals surface area contributed by atoms with Crippen molar-refractivity contribution in [3.63, 3.8) is 0 Å². The number of likely N-dealkylation sites (tertiary alicyclic amines) is 1. The molecule has 2 atom stereocenters. The zero-order valence-electron chi connectivity index (χ0n) is 10.7. The van der Waals surface area contributed by atoms with Gasteiger partial charge in [-0.25, -0.2) is 4.79 Å². The highest BCUT2D eigenvalue weighted by Crippen LogP contribution is 2.20. The number of aromatic nitrogens is 2. The largest absolute Gasteiger partial charge is 0.467 e. The van der Waals surface area contributed by atoms with Gasteiger partial charge in [-0.3, -0.25) is 9.48 Å². The number of amides is 1. The van der Waals surface area contributed by atoms with E-state index in [0.29, 0.717) is 6.54 Å². The maximum Gasteiger partial charge on any atom is 0.328 e. The first-order valence-corrected chi connectivity index (χ1v) is 6.14. The van der Waals surface area contributed by atoms with Gasteiger partial charge in [0.25, 0.3) is 0 Å². The molecule has 0 aromatic carbocycles. The summed E-state index contributed by atoms with van der Waals surface area (Å²) in [6.07, 6.45) is 3.21. The smallest absolute Gasteiger partial charge is 0.328 e. The molecule has 1 aliphatic heterocycles. The fourth-order valence-corrected chi connectivity index (χ4v) is 2.24. The van der Waals surface area contributed by atoms with Crippen molar-refractivity contribution in [1.29, 1.82) is 0 Å². The Kier molecular flexibility index (Phi) is 4.16. The second-order valence-corrected chi connectivity index (χ2v) is 4.49. The molecule has 2 unspecified atom stereocenters. The third-order valence-corrected chi connectivity index (χ3v) is 3.19. The lowest BCUT2D eigenvalue weighted by Crippen LogP contribution is -2.41. The van der Waals surface area contributed by atoms with E-state index in [2.05, 4.69) is 9.84 Å². The first kappa shape index (κ1) is 13.5. The number of carbonyl (C=O) groups is 2. The Bertz CT molecular complexity index is 446. The highest BCUT2D eigenvalue weighted by molar-refractivity contribution is 5.85. The van der Waals surface area contributed by atoms with Crippen LogP contribution in [0.3, 0.4) is 0 Å². The Morgan fingerprint density at radius 3 is 2.95 bits per heavy atom. The minimum absolute atomic E-state index is 0.178. The van der Waals surface area contributed by atoms with Crippen molar-refractivity contribution in [1.82, 2.24) is 14.7 Å². The van der Waals surface area contributed by atoms with Crippen LogP contribution in [-0.2, 0) is 20.9 Å². The first-order chi connectivity index (χ1) is 9.11. The van der Waals surface area contributed by atoms with Crippen molar-refractivity contribution < 1.29 is 19.4 Å². The SMILES string of the molecule is COC(=O)C1CC(O)CN1C(=O)CCn1cccn1. The van der Waals surface area contributed by atoms with Gasteiger partial charge in [-0.15, -0.1) is 0 Å². The number of ether oxygens (including phenoxy) is 1. The molecule has 1 N–H and O–H groups in total. The minimum Gasteiger partial charge on any atom is -0.467 e. The second-order valence-electron chi connectivity index (χ2n) is 4.49. The van der Waals surface area contributed by atoms with Crippen LogP contribution in [0.1, 0.15) is 12.8 Å². The van der Waals surface area contributed by atoms with Crippen LogP contribution in [0.2, 0.25) is 0 Å². The van der Waals surface area contributed by atoms with E-state index in [0.717, 1.165) is 0 Å². The van der Waals surface area contributed by atoms with Gasteiger partial charge in [-0.2, -0.15) is 5.10 Å². The topological polar surface area (TPSA) is 84.7 Å². The van der Waals surface area contributed by atoms with Crippen molar-refractivity contribution in [2.45, 2.75) is 31.5 Å². The summed E-state index contributed by atoms with van der Waals surface area (Å²) in [6.45, 7) is 0.629. The molecule has 104 valence electrons. The molecule has 0 bridgehead atoms. The molecular weight excluding hydrogens is 250 g/mol. The van der Waals surface area contributed by atoms with Crippen LogP contribution in [0.15, 0.2) is 18.5 Å². The normalized spacial score (nSPS) is 22.5. The lowest BCUT2D eigenvalue weighted by Gasteiger charge is -2.22. The Labute approximate surface area is 110 Å². The zero-order valence-corrected chi connectivity index (χ0v) is 10.7. The summed E-state index contributed by atoms with van der Waals surface area (Å²) in [6, 6.07) is 1.10. The predicted molar refractivity (Wildman–Crippen MR) is 65.0 cm³/mol. The molecule has 19 heavy (non-hydrogen) atoms. The number of carbonyl (C=O) groups excluding carboxylic acids is 2. The average molecular weight is 267 g/mol. The molecule has 1 saturated heterocycles. The number of nitrogens with zero attached hydrogens (tertiary/aromatic N) is 3. The summed E-state index contributed by atoms with van der Waals surface area (Å²) < 4.78 is 6.30. The molecule has 0 saturated carbocycles. The van der Waals surface area contributed by atoms with Crippen molar-refractivity contribution >= 4 is 11.9 Å². The van der Waals surface area contributed by atoms with E-state index in [1.165, 1.54) is 12.0 Å². The summed E-state index contributed by atoms with van der Waals surface area (Å²) in [5, 5.41) is 13.6. The maximum atomic E-state index is 12.1. The Hall–Kier alpha value is -1.89. The number of β-amino-alcohol motifs (C(OH)–C–C–N with tert-alkyl or cyclic N) is 1. The van der Waals surface area contributed by atoms with Crippen LogP contribution in [0.25, 0.3) is 0 Å². The number of hydrogen-bond acceptors (Lipinski definition) is 5. The number of aliphatic hydroxyl groups excluding tert-OH is 1. The molecule has 7 nitrogen and oxygen atoms in total. The standard InChI is InChI=1S/C12H17N3O4/c1-19-12(18)10-7-9(16)8-15(10)11(17)3-6-14-5-2-4-13-14/h2,4-5,9-10,16H,3,6-8H2,1H3. The lowest BCUT2D eigenvalue weighted by atomic mass is 10.2. The molecule has 2 heterocycles. The summed E-state index contributed by atoms with van der Waals surface area (Å²) in [5.41, 5.74) is 0. The maximum absolute atomic E-state index is 12.1. The molecule has 7 heteroatoms. The van der Waals surface area contributed by atoms with Crippen molar-refractivity contribution in [2.75, 3.05) is 13.7 Å². The first-order valence-electron chi connectivity index (χ1n) is 6.14. The predicted octanol–water partition coefficient (Wildman–Crippen LogP) is -0.592. The van der Waals surface area contributed by atoms with E-state index >= 15 is 0 Å². The summed E-state index contributed by atoms with van der Waals surface area (Å²) >= 11 is 0. The summed E-state index contributed by atoms with van der Waals surface area (Å²) in [7, 11) is 1.28. The quantitative estimate of drug-likeness (QED) is 0.737. The molecule has 1 aromatic rings. The average Bonchev–Trinajstić information content (AvgIpc) is 3.04. The second kappa shape index (κ2) is 5.83. The van der Waals surface area contributed by atoms with Gasteiger partial charge < -0.3 is 14.7 Å². The van der Waals surface area contributed by atoms with Gasteiger partial charge in [0.1, 0.15) is 6.04 Å². The van der Waals surface area contributed by atoms with Gasteiger partial charge in [0.15, 0.2) is 0 Å². The van der Waals surface area contributed by atoms with E-state index in [9.17, 15) is 14.7 Å². The molecule has 1 aromatic heterocycles. The van der Waals surface area contributed by atoms with Gasteiger partial charge in [-0.1, -0.05) is 0 Å². The fraction of sp³-hybridized carbons (Fsp3) is 0.583. The van der Waals surface area contributed by atoms with E-state index in [1.54, 1.807) is 23.1 Å². The van der Waals surface area contributed by atoms with E-state index in [1.807, 2.05) is 0 Å². The van der Waals surface area contributed by atoms with Gasteiger partial charge in [0.05, 0.1) is 13.2 Å². The van der Waals surface area contributed by atoms with Gasteiger partial charge >= 0.3 is 5.97 Å². The van der Waals surface area contributed by atoms with Crippen LogP contribution >= 0.6 is 0 Å². The number of rotatable bonds is 4. The van der Waals surface area contributed by atoms with Crippen molar-refractivity contribution in [3.05, 3.63) is 18.5 Å². The monoisotopic (exact) mass is 267 g/mol. The van der Waals surface area contributed by atoms with Crippen LogP contribution in [0, 0.1) is 0 Å². The van der Waals surface area contributed by atoms with Gasteiger partial charge in [0, 0.05) is 38.3 Å². The Morgan fingerprint density at radius 2 is 2.32 bits per heavy atom. The highest BCUT2D eigenvalue weighted by Gasteiger charge is 2.39. The van der Waals surface area contributed by atoms with Crippen LogP contribution in [0.4, 0.5) is 0 Å². The highest BCUT2D eigenvalue weighted by atomic mass is 16.5. The van der Waals surface area contributed by atoms with Crippen LogP contribution in [-0.4, -0.2) is 57.5 Å². The third kappa shape index (κ3) is 3.11. The fourth-order valence-electron chi connectivity index (χ4n) is 2.24. The van der Waals surface area contributed by atoms with Gasteiger partial charge in [-0.05, 0) is 6.07 Å². The van der Waals surface area contributed by atoms with E-state index < -0.39 is 18.1 Å². The van der Waals surface area contributed by atoms with Crippen molar-refractivity contribution in [3.8, 4) is 0 Å². The van der Waals surface area contributed by atoms with E-state index in [-0.39, 0.29) is 25.3 Å². The minimum atomic E-state index is -0.676. The molecule has 1 aliphatic rings. The lowest BCUT2D eigenvalue weighted by molar-refractivity contribution is -0.151. The molecule has 0 radical (unpaired) electrons. The van der Waals surface area contributed by atoms with Crippen LogP contribution < -0.4 is 0 Å². The van der Waals surface area contributed by atoms with Crippen LogP contribution in [0.5, 0.6) is 0 Å².